The molecule has 0 aliphatic heterocycles. The second kappa shape index (κ2) is 43.0. The maximum atomic E-state index is 4.47. The summed E-state index contributed by atoms with van der Waals surface area (Å²) in [5, 5.41) is 0. The second-order valence-electron chi connectivity index (χ2n) is 15.9. The molecule has 0 heterocycles. The minimum atomic E-state index is 0.714. The highest BCUT2D eigenvalue weighted by atomic mass is 14.1. The third kappa shape index (κ3) is 42.0. The van der Waals surface area contributed by atoms with Gasteiger partial charge in [0.05, 0.1) is 0 Å². The van der Waals surface area contributed by atoms with E-state index in [0.717, 1.165) is 0 Å². The van der Waals surface area contributed by atoms with Crippen LogP contribution in [0.4, 0.5) is 0 Å². The van der Waals surface area contributed by atoms with Crippen LogP contribution in [-0.2, 0) is 0 Å². The predicted molar refractivity (Wildman–Crippen MR) is 214 cm³/mol. The lowest BCUT2D eigenvalue weighted by Gasteiger charge is -2.11. The van der Waals surface area contributed by atoms with Crippen molar-refractivity contribution in [3.8, 4) is 0 Å². The van der Waals surface area contributed by atoms with E-state index in [1.807, 2.05) is 0 Å². The van der Waals surface area contributed by atoms with Crippen molar-refractivity contribution >= 4 is 0 Å². The molecule has 0 aromatic carbocycles. The number of rotatable bonds is 42. The van der Waals surface area contributed by atoms with E-state index in [1.54, 1.807) is 0 Å². The molecule has 0 N–H and O–H groups in total. The van der Waals surface area contributed by atoms with Crippen LogP contribution in [0.5, 0.6) is 0 Å². The minimum absolute atomic E-state index is 0.714. The summed E-state index contributed by atoms with van der Waals surface area (Å²) in [7, 11) is 0. The molecule has 1 radical (unpaired) electrons. The van der Waals surface area contributed by atoms with Gasteiger partial charge in [-0.1, -0.05) is 290 Å². The highest BCUT2D eigenvalue weighted by Gasteiger charge is 2.03. The molecule has 0 heteroatoms. The Morgan fingerprint density at radius 3 is 0.500 bits per heavy atom. The molecule has 0 fully saturated rings. The summed E-state index contributed by atoms with van der Waals surface area (Å²) in [4.78, 5) is 0. The van der Waals surface area contributed by atoms with E-state index in [2.05, 4.69) is 20.8 Å². The molecule has 0 rings (SSSR count). The van der Waals surface area contributed by atoms with Crippen molar-refractivity contribution in [3.05, 3.63) is 6.92 Å². The van der Waals surface area contributed by atoms with Crippen molar-refractivity contribution in [2.45, 2.75) is 284 Å². The van der Waals surface area contributed by atoms with Crippen LogP contribution < -0.4 is 0 Å². The summed E-state index contributed by atoms with van der Waals surface area (Å²) in [6, 6.07) is 0. The summed E-state index contributed by atoms with van der Waals surface area (Å²) >= 11 is 0. The zero-order valence-corrected chi connectivity index (χ0v) is 33.0. The number of hydrogen-bond donors (Lipinski definition) is 0. The molecule has 0 aromatic rings. The van der Waals surface area contributed by atoms with Crippen LogP contribution in [-0.4, -0.2) is 0 Å². The average Bonchev–Trinajstić information content (AvgIpc) is 3.06. The third-order valence-corrected chi connectivity index (χ3v) is 10.9. The molecule has 1 atom stereocenters. The third-order valence-electron chi connectivity index (χ3n) is 10.9. The van der Waals surface area contributed by atoms with Crippen molar-refractivity contribution in [1.82, 2.24) is 0 Å². The summed E-state index contributed by atoms with van der Waals surface area (Å²) in [6.45, 7) is 9.09. The van der Waals surface area contributed by atoms with Crippen molar-refractivity contribution < 1.29 is 0 Å². The lowest BCUT2D eigenvalue weighted by atomic mass is 9.95. The molecule has 0 amide bonds. The van der Waals surface area contributed by atoms with Crippen molar-refractivity contribution in [1.29, 1.82) is 0 Å². The monoisotopic (exact) mass is 646 g/mol. The predicted octanol–water partition coefficient (Wildman–Crippen LogP) is 17.9. The molecule has 0 saturated heterocycles. The van der Waals surface area contributed by atoms with Crippen LogP contribution in [0.15, 0.2) is 0 Å². The van der Waals surface area contributed by atoms with Crippen LogP contribution in [0.25, 0.3) is 0 Å². The lowest BCUT2D eigenvalue weighted by molar-refractivity contribution is 0.459. The molecule has 1 unspecified atom stereocenters. The zero-order valence-electron chi connectivity index (χ0n) is 33.0. The first-order chi connectivity index (χ1) is 22.8. The Kier molecular flexibility index (Phi) is 43.0. The van der Waals surface area contributed by atoms with Gasteiger partial charge in [0.15, 0.2) is 0 Å². The Hall–Kier alpha value is 0. The standard InChI is InChI=1S/C46H93/c1-4-6-8-10-12-14-16-18-20-22-23-24-25-26-27-28-29-31-33-35-37-39-41-43-45-46(3)44-42-40-38-36-34-32-30-21-19-17-15-13-11-9-7-5-2/h46H,3-45H2,1-2H3. The van der Waals surface area contributed by atoms with Gasteiger partial charge in [0.25, 0.3) is 0 Å². The molecule has 0 aliphatic rings. The van der Waals surface area contributed by atoms with Gasteiger partial charge in [0, 0.05) is 0 Å². The topological polar surface area (TPSA) is 0 Å². The molecular formula is C46H93. The maximum Gasteiger partial charge on any atom is -0.0414 e. The van der Waals surface area contributed by atoms with E-state index in [9.17, 15) is 0 Å². The Morgan fingerprint density at radius 2 is 0.348 bits per heavy atom. The maximum absolute atomic E-state index is 4.47. The molecule has 0 aliphatic carbocycles. The Bertz CT molecular complexity index is 494. The van der Waals surface area contributed by atoms with Crippen LogP contribution in [0.3, 0.4) is 0 Å². The SMILES string of the molecule is [CH2]C(CCCCCCCCCCCCCCCCCC)CCCCCCCCCCCCCCCCCCCCCCCCCC. The first-order valence-corrected chi connectivity index (χ1v) is 22.6. The van der Waals surface area contributed by atoms with Gasteiger partial charge in [0.1, 0.15) is 0 Å². The fourth-order valence-corrected chi connectivity index (χ4v) is 7.52. The van der Waals surface area contributed by atoms with E-state index < -0.39 is 0 Å². The van der Waals surface area contributed by atoms with Crippen LogP contribution >= 0.6 is 0 Å². The summed E-state index contributed by atoms with van der Waals surface area (Å²) in [6.07, 6.45) is 61.5. The summed E-state index contributed by atoms with van der Waals surface area (Å²) in [5.41, 5.74) is 0. The van der Waals surface area contributed by atoms with E-state index in [-0.39, 0.29) is 0 Å². The van der Waals surface area contributed by atoms with Gasteiger partial charge in [-0.3, -0.25) is 0 Å². The van der Waals surface area contributed by atoms with E-state index >= 15 is 0 Å². The second-order valence-corrected chi connectivity index (χ2v) is 15.9. The van der Waals surface area contributed by atoms with Gasteiger partial charge in [-0.15, -0.1) is 0 Å². The lowest BCUT2D eigenvalue weighted by Crippen LogP contribution is -1.95. The first-order valence-electron chi connectivity index (χ1n) is 22.6. The summed E-state index contributed by atoms with van der Waals surface area (Å²) in [5.74, 6) is 0.714. The highest BCUT2D eigenvalue weighted by Crippen LogP contribution is 2.20. The molecule has 0 aromatic heterocycles. The van der Waals surface area contributed by atoms with Gasteiger partial charge >= 0.3 is 0 Å². The Balaban J connectivity index is 3.13. The highest BCUT2D eigenvalue weighted by molar-refractivity contribution is 4.62. The van der Waals surface area contributed by atoms with Crippen molar-refractivity contribution in [3.63, 3.8) is 0 Å². The van der Waals surface area contributed by atoms with Gasteiger partial charge < -0.3 is 0 Å². The van der Waals surface area contributed by atoms with Crippen LogP contribution in [0.2, 0.25) is 0 Å². The Morgan fingerprint density at radius 1 is 0.217 bits per heavy atom. The minimum Gasteiger partial charge on any atom is -0.0654 e. The average molecular weight is 646 g/mol. The number of unbranched alkanes of at least 4 members (excludes halogenated alkanes) is 38. The quantitative estimate of drug-likeness (QED) is 0.0579. The molecule has 0 saturated carbocycles. The first kappa shape index (κ1) is 46.0. The molecule has 277 valence electrons. The van der Waals surface area contributed by atoms with Gasteiger partial charge in [-0.05, 0) is 5.92 Å². The van der Waals surface area contributed by atoms with Gasteiger partial charge in [-0.2, -0.15) is 0 Å². The zero-order chi connectivity index (χ0) is 33.3. The van der Waals surface area contributed by atoms with Crippen molar-refractivity contribution in [2.75, 3.05) is 0 Å². The van der Waals surface area contributed by atoms with E-state index in [1.165, 1.54) is 270 Å². The van der Waals surface area contributed by atoms with Crippen LogP contribution in [0, 0.1) is 12.8 Å². The van der Waals surface area contributed by atoms with Crippen molar-refractivity contribution in [2.24, 2.45) is 5.92 Å². The fraction of sp³-hybridized carbons (Fsp3) is 0.978. The largest absolute Gasteiger partial charge is 0.0654 e. The van der Waals surface area contributed by atoms with Crippen LogP contribution in [0.1, 0.15) is 284 Å². The molecule has 0 spiro atoms. The van der Waals surface area contributed by atoms with E-state index in [4.69, 9.17) is 0 Å². The normalized spacial score (nSPS) is 12.3. The Labute approximate surface area is 295 Å². The molecular weight excluding hydrogens is 553 g/mol. The number of hydrogen-bond acceptors (Lipinski definition) is 0. The smallest absolute Gasteiger partial charge is 0.0414 e. The van der Waals surface area contributed by atoms with E-state index in [0.29, 0.717) is 5.92 Å². The van der Waals surface area contributed by atoms with Gasteiger partial charge in [0.2, 0.25) is 0 Å². The summed E-state index contributed by atoms with van der Waals surface area (Å²) < 4.78 is 0. The molecule has 0 nitrogen and oxygen atoms in total. The molecule has 46 heavy (non-hydrogen) atoms. The fourth-order valence-electron chi connectivity index (χ4n) is 7.52. The molecule has 0 bridgehead atoms. The van der Waals surface area contributed by atoms with Gasteiger partial charge in [-0.25, -0.2) is 0 Å².